The summed E-state index contributed by atoms with van der Waals surface area (Å²) < 4.78 is 0. The van der Waals surface area contributed by atoms with Gasteiger partial charge in [0.2, 0.25) is 0 Å². The summed E-state index contributed by atoms with van der Waals surface area (Å²) >= 11 is 0. The molecule has 0 spiro atoms. The van der Waals surface area contributed by atoms with E-state index >= 15 is 0 Å². The van der Waals surface area contributed by atoms with Crippen molar-refractivity contribution in [3.05, 3.63) is 0 Å². The van der Waals surface area contributed by atoms with E-state index in [1.165, 1.54) is 32.1 Å². The Morgan fingerprint density at radius 1 is 1.42 bits per heavy atom. The quantitative estimate of drug-likeness (QED) is 0.489. The Kier molecular flexibility index (Phi) is 4.02. The van der Waals surface area contributed by atoms with Gasteiger partial charge in [-0.05, 0) is 24.7 Å². The molecule has 0 aromatic rings. The zero-order valence-electron chi connectivity index (χ0n) is 8.34. The maximum atomic E-state index is 5.50. The summed E-state index contributed by atoms with van der Waals surface area (Å²) in [5, 5.41) is 0. The smallest absolute Gasteiger partial charge is 0.0215 e. The van der Waals surface area contributed by atoms with Crippen LogP contribution >= 0.6 is 0 Å². The summed E-state index contributed by atoms with van der Waals surface area (Å²) in [5.74, 6) is 7.22. The highest BCUT2D eigenvalue weighted by molar-refractivity contribution is 4.76. The zero-order chi connectivity index (χ0) is 8.97. The molecule has 1 aliphatic carbocycles. The molecule has 0 bridgehead atoms. The summed E-state index contributed by atoms with van der Waals surface area (Å²) in [7, 11) is 0. The Balaban J connectivity index is 2.15. The SMILES string of the molecule is CC(C)CC(CC1CCC1)NN. The minimum absolute atomic E-state index is 0.551. The molecule has 0 heterocycles. The second-order valence-corrected chi connectivity index (χ2v) is 4.53. The topological polar surface area (TPSA) is 38.0 Å². The molecule has 12 heavy (non-hydrogen) atoms. The molecule has 2 heteroatoms. The van der Waals surface area contributed by atoms with Crippen LogP contribution < -0.4 is 11.3 Å². The monoisotopic (exact) mass is 170 g/mol. The van der Waals surface area contributed by atoms with Crippen molar-refractivity contribution in [1.29, 1.82) is 0 Å². The van der Waals surface area contributed by atoms with E-state index in [0.29, 0.717) is 6.04 Å². The van der Waals surface area contributed by atoms with Crippen molar-refractivity contribution in [1.82, 2.24) is 5.43 Å². The van der Waals surface area contributed by atoms with Gasteiger partial charge in [0, 0.05) is 6.04 Å². The van der Waals surface area contributed by atoms with Gasteiger partial charge in [0.15, 0.2) is 0 Å². The molecule has 1 fully saturated rings. The van der Waals surface area contributed by atoms with Crippen molar-refractivity contribution >= 4 is 0 Å². The highest BCUT2D eigenvalue weighted by atomic mass is 15.2. The van der Waals surface area contributed by atoms with Crippen molar-refractivity contribution in [2.75, 3.05) is 0 Å². The second kappa shape index (κ2) is 4.83. The summed E-state index contributed by atoms with van der Waals surface area (Å²) in [6, 6.07) is 0.551. The number of hydrazine groups is 1. The van der Waals surface area contributed by atoms with E-state index in [1.807, 2.05) is 0 Å². The number of nitrogens with one attached hydrogen (secondary N) is 1. The van der Waals surface area contributed by atoms with Crippen molar-refractivity contribution in [2.45, 2.75) is 52.0 Å². The van der Waals surface area contributed by atoms with Gasteiger partial charge in [-0.3, -0.25) is 11.3 Å². The number of hydrogen-bond donors (Lipinski definition) is 2. The van der Waals surface area contributed by atoms with Crippen LogP contribution in [0.3, 0.4) is 0 Å². The van der Waals surface area contributed by atoms with Crippen LogP contribution in [0.25, 0.3) is 0 Å². The van der Waals surface area contributed by atoms with Gasteiger partial charge in [0.1, 0.15) is 0 Å². The second-order valence-electron chi connectivity index (χ2n) is 4.53. The summed E-state index contributed by atoms with van der Waals surface area (Å²) in [4.78, 5) is 0. The molecule has 3 N–H and O–H groups in total. The lowest BCUT2D eigenvalue weighted by Gasteiger charge is -2.30. The van der Waals surface area contributed by atoms with Crippen LogP contribution in [0.4, 0.5) is 0 Å². The first kappa shape index (κ1) is 10.0. The van der Waals surface area contributed by atoms with E-state index in [0.717, 1.165) is 11.8 Å². The lowest BCUT2D eigenvalue weighted by molar-refractivity contribution is 0.245. The van der Waals surface area contributed by atoms with Crippen LogP contribution in [0.1, 0.15) is 46.0 Å². The molecule has 0 aromatic heterocycles. The molecule has 72 valence electrons. The molecular weight excluding hydrogens is 148 g/mol. The predicted octanol–water partition coefficient (Wildman–Crippen LogP) is 2.05. The lowest BCUT2D eigenvalue weighted by Crippen LogP contribution is -2.38. The number of nitrogens with two attached hydrogens (primary N) is 1. The van der Waals surface area contributed by atoms with Gasteiger partial charge in [-0.25, -0.2) is 0 Å². The minimum atomic E-state index is 0.551. The van der Waals surface area contributed by atoms with Gasteiger partial charge in [-0.15, -0.1) is 0 Å². The first-order chi connectivity index (χ1) is 5.72. The molecule has 2 nitrogen and oxygen atoms in total. The molecule has 0 amide bonds. The standard InChI is InChI=1S/C10H22N2/c1-8(2)6-10(12-11)7-9-4-3-5-9/h8-10,12H,3-7,11H2,1-2H3. The Morgan fingerprint density at radius 3 is 2.42 bits per heavy atom. The zero-order valence-corrected chi connectivity index (χ0v) is 8.34. The molecule has 1 unspecified atom stereocenters. The fourth-order valence-corrected chi connectivity index (χ4v) is 1.93. The fraction of sp³-hybridized carbons (Fsp3) is 1.00. The molecule has 1 atom stereocenters. The van der Waals surface area contributed by atoms with E-state index in [2.05, 4.69) is 19.3 Å². The molecule has 0 radical (unpaired) electrons. The van der Waals surface area contributed by atoms with Crippen LogP contribution in [0.2, 0.25) is 0 Å². The summed E-state index contributed by atoms with van der Waals surface area (Å²) in [6.45, 7) is 4.51. The molecular formula is C10H22N2. The molecule has 0 saturated heterocycles. The molecule has 1 aliphatic rings. The van der Waals surface area contributed by atoms with Gasteiger partial charge < -0.3 is 0 Å². The Morgan fingerprint density at radius 2 is 2.08 bits per heavy atom. The molecule has 1 rings (SSSR count). The van der Waals surface area contributed by atoms with Gasteiger partial charge in [0.25, 0.3) is 0 Å². The first-order valence-electron chi connectivity index (χ1n) is 5.18. The van der Waals surface area contributed by atoms with Crippen molar-refractivity contribution in [3.63, 3.8) is 0 Å². The van der Waals surface area contributed by atoms with E-state index in [4.69, 9.17) is 5.84 Å². The first-order valence-corrected chi connectivity index (χ1v) is 5.18. The van der Waals surface area contributed by atoms with Crippen LogP contribution in [-0.4, -0.2) is 6.04 Å². The molecule has 0 aromatic carbocycles. The third-order valence-corrected chi connectivity index (χ3v) is 2.83. The van der Waals surface area contributed by atoms with E-state index < -0.39 is 0 Å². The largest absolute Gasteiger partial charge is 0.271 e. The van der Waals surface area contributed by atoms with Gasteiger partial charge in [-0.1, -0.05) is 33.1 Å². The normalized spacial score (nSPS) is 21.0. The van der Waals surface area contributed by atoms with Gasteiger partial charge in [-0.2, -0.15) is 0 Å². The van der Waals surface area contributed by atoms with Crippen molar-refractivity contribution in [2.24, 2.45) is 17.7 Å². The Bertz CT molecular complexity index is 119. The summed E-state index contributed by atoms with van der Waals surface area (Å²) in [6.07, 6.45) is 6.79. The maximum absolute atomic E-state index is 5.50. The average Bonchev–Trinajstić information content (AvgIpc) is 1.93. The minimum Gasteiger partial charge on any atom is -0.271 e. The van der Waals surface area contributed by atoms with Gasteiger partial charge in [0.05, 0.1) is 0 Å². The third kappa shape index (κ3) is 3.11. The van der Waals surface area contributed by atoms with Crippen LogP contribution in [0.5, 0.6) is 0 Å². The van der Waals surface area contributed by atoms with Gasteiger partial charge >= 0.3 is 0 Å². The maximum Gasteiger partial charge on any atom is 0.0215 e. The highest BCUT2D eigenvalue weighted by Crippen LogP contribution is 2.31. The van der Waals surface area contributed by atoms with Crippen molar-refractivity contribution in [3.8, 4) is 0 Å². The summed E-state index contributed by atoms with van der Waals surface area (Å²) in [5.41, 5.74) is 2.93. The highest BCUT2D eigenvalue weighted by Gasteiger charge is 2.21. The predicted molar refractivity (Wildman–Crippen MR) is 52.5 cm³/mol. The number of hydrogen-bond acceptors (Lipinski definition) is 2. The van der Waals surface area contributed by atoms with E-state index in [1.54, 1.807) is 0 Å². The van der Waals surface area contributed by atoms with E-state index in [-0.39, 0.29) is 0 Å². The third-order valence-electron chi connectivity index (χ3n) is 2.83. The van der Waals surface area contributed by atoms with E-state index in [9.17, 15) is 0 Å². The Labute approximate surface area is 75.9 Å². The van der Waals surface area contributed by atoms with Crippen LogP contribution in [-0.2, 0) is 0 Å². The van der Waals surface area contributed by atoms with Crippen LogP contribution in [0.15, 0.2) is 0 Å². The Hall–Kier alpha value is -0.0800. The lowest BCUT2D eigenvalue weighted by atomic mass is 9.80. The molecule has 0 aliphatic heterocycles. The number of rotatable bonds is 5. The molecule has 1 saturated carbocycles. The van der Waals surface area contributed by atoms with Crippen molar-refractivity contribution < 1.29 is 0 Å². The van der Waals surface area contributed by atoms with Crippen LogP contribution in [0, 0.1) is 11.8 Å². The fourth-order valence-electron chi connectivity index (χ4n) is 1.93. The average molecular weight is 170 g/mol.